The normalized spacial score (nSPS) is 12.1. The molecule has 1 rings (SSSR count). The number of carbonyl (C=O) groups is 1. The Morgan fingerprint density at radius 3 is 2.76 bits per heavy atom. The molecule has 0 radical (unpaired) electrons. The summed E-state index contributed by atoms with van der Waals surface area (Å²) in [6, 6.07) is 1.92. The van der Waals surface area contributed by atoms with Crippen molar-refractivity contribution < 1.29 is 9.90 Å². The molecule has 0 spiro atoms. The van der Waals surface area contributed by atoms with Crippen molar-refractivity contribution in [2.45, 2.75) is 26.3 Å². The molecule has 2 N–H and O–H groups in total. The minimum Gasteiger partial charge on any atom is -0.395 e. The number of amides is 1. The summed E-state index contributed by atoms with van der Waals surface area (Å²) < 4.78 is 0. The van der Waals surface area contributed by atoms with Crippen molar-refractivity contribution >= 4 is 17.2 Å². The SMILES string of the molecule is CC(C)C(CN(C)C)NC(=O)c1csc(C#CCCO)c1. The summed E-state index contributed by atoms with van der Waals surface area (Å²) in [5.74, 6) is 6.13. The van der Waals surface area contributed by atoms with Crippen LogP contribution < -0.4 is 5.32 Å². The number of nitrogens with zero attached hydrogens (tertiary/aromatic N) is 1. The molecule has 116 valence electrons. The van der Waals surface area contributed by atoms with Crippen LogP contribution in [0.15, 0.2) is 11.4 Å². The highest BCUT2D eigenvalue weighted by Gasteiger charge is 2.18. The predicted molar refractivity (Wildman–Crippen MR) is 87.5 cm³/mol. The topological polar surface area (TPSA) is 52.6 Å². The first-order chi connectivity index (χ1) is 9.93. The van der Waals surface area contributed by atoms with Gasteiger partial charge in [-0.3, -0.25) is 4.79 Å². The molecule has 0 saturated heterocycles. The number of rotatable bonds is 6. The van der Waals surface area contributed by atoms with E-state index in [0.717, 1.165) is 11.4 Å². The van der Waals surface area contributed by atoms with Crippen LogP contribution >= 0.6 is 11.3 Å². The first kappa shape index (κ1) is 17.7. The van der Waals surface area contributed by atoms with Crippen molar-refractivity contribution in [1.29, 1.82) is 0 Å². The molecule has 0 aliphatic rings. The third kappa shape index (κ3) is 6.30. The van der Waals surface area contributed by atoms with Crippen molar-refractivity contribution in [3.63, 3.8) is 0 Å². The minimum absolute atomic E-state index is 0.0537. The first-order valence-corrected chi connectivity index (χ1v) is 7.96. The summed E-state index contributed by atoms with van der Waals surface area (Å²) in [5.41, 5.74) is 0.651. The van der Waals surface area contributed by atoms with Crippen LogP contribution in [0.4, 0.5) is 0 Å². The van der Waals surface area contributed by atoms with Crippen LogP contribution in [0.2, 0.25) is 0 Å². The lowest BCUT2D eigenvalue weighted by molar-refractivity contribution is 0.0917. The highest BCUT2D eigenvalue weighted by atomic mass is 32.1. The van der Waals surface area contributed by atoms with Crippen LogP contribution in [0.3, 0.4) is 0 Å². The molecule has 0 fully saturated rings. The maximum Gasteiger partial charge on any atom is 0.252 e. The third-order valence-electron chi connectivity index (χ3n) is 2.99. The Morgan fingerprint density at radius 2 is 2.19 bits per heavy atom. The summed E-state index contributed by atoms with van der Waals surface area (Å²) in [4.78, 5) is 15.2. The Hall–Kier alpha value is -1.35. The summed E-state index contributed by atoms with van der Waals surface area (Å²) in [7, 11) is 4.00. The van der Waals surface area contributed by atoms with Crippen molar-refractivity contribution in [3.8, 4) is 11.8 Å². The summed E-state index contributed by atoms with van der Waals surface area (Å²) in [5, 5.41) is 13.6. The number of likely N-dealkylation sites (N-methyl/N-ethyl adjacent to an activating group) is 1. The summed E-state index contributed by atoms with van der Waals surface area (Å²) in [6.07, 6.45) is 0.456. The molecule has 1 aromatic heterocycles. The molecule has 0 aliphatic carbocycles. The lowest BCUT2D eigenvalue weighted by atomic mass is 10.0. The number of nitrogens with one attached hydrogen (secondary N) is 1. The quantitative estimate of drug-likeness (QED) is 0.788. The lowest BCUT2D eigenvalue weighted by Crippen LogP contribution is -2.44. The van der Waals surface area contributed by atoms with Gasteiger partial charge in [0.2, 0.25) is 0 Å². The van der Waals surface area contributed by atoms with Crippen molar-refractivity contribution in [3.05, 3.63) is 21.9 Å². The smallest absolute Gasteiger partial charge is 0.252 e. The van der Waals surface area contributed by atoms with E-state index in [1.807, 2.05) is 19.5 Å². The molecule has 1 aromatic rings. The predicted octanol–water partition coefficient (Wildman–Crippen LogP) is 1.80. The van der Waals surface area contributed by atoms with Gasteiger partial charge in [-0.2, -0.15) is 0 Å². The Balaban J connectivity index is 2.68. The molecule has 1 unspecified atom stereocenters. The van der Waals surface area contributed by atoms with E-state index in [2.05, 4.69) is 35.9 Å². The van der Waals surface area contributed by atoms with E-state index in [0.29, 0.717) is 17.9 Å². The first-order valence-electron chi connectivity index (χ1n) is 7.08. The lowest BCUT2D eigenvalue weighted by Gasteiger charge is -2.25. The molecule has 1 atom stereocenters. The number of aliphatic hydroxyl groups excluding tert-OH is 1. The Kier molecular flexibility index (Phi) is 7.44. The van der Waals surface area contributed by atoms with Gasteiger partial charge in [0.15, 0.2) is 0 Å². The maximum absolute atomic E-state index is 12.3. The molecule has 0 saturated carbocycles. The Morgan fingerprint density at radius 1 is 1.48 bits per heavy atom. The van der Waals surface area contributed by atoms with Gasteiger partial charge in [0.25, 0.3) is 5.91 Å². The molecular weight excluding hydrogens is 284 g/mol. The van der Waals surface area contributed by atoms with E-state index in [4.69, 9.17) is 5.11 Å². The standard InChI is InChI=1S/C16H24N2O2S/c1-12(2)15(10-18(3)4)17-16(20)13-9-14(21-11-13)7-5-6-8-19/h9,11-12,15,19H,6,8,10H2,1-4H3,(H,17,20). The molecule has 5 heteroatoms. The van der Waals surface area contributed by atoms with E-state index < -0.39 is 0 Å². The fourth-order valence-electron chi connectivity index (χ4n) is 1.79. The number of aliphatic hydroxyl groups is 1. The molecular formula is C16H24N2O2S. The zero-order valence-electron chi connectivity index (χ0n) is 13.1. The van der Waals surface area contributed by atoms with Gasteiger partial charge in [0.1, 0.15) is 0 Å². The Labute approximate surface area is 131 Å². The average molecular weight is 308 g/mol. The van der Waals surface area contributed by atoms with Gasteiger partial charge in [-0.25, -0.2) is 0 Å². The summed E-state index contributed by atoms with van der Waals surface area (Å²) >= 11 is 1.45. The molecule has 21 heavy (non-hydrogen) atoms. The summed E-state index contributed by atoms with van der Waals surface area (Å²) in [6.45, 7) is 5.09. The van der Waals surface area contributed by atoms with Crippen LogP contribution in [-0.4, -0.2) is 49.2 Å². The van der Waals surface area contributed by atoms with E-state index in [9.17, 15) is 4.79 Å². The fourth-order valence-corrected chi connectivity index (χ4v) is 2.55. The van der Waals surface area contributed by atoms with Gasteiger partial charge in [-0.05, 0) is 26.1 Å². The van der Waals surface area contributed by atoms with Crippen LogP contribution in [-0.2, 0) is 0 Å². The maximum atomic E-state index is 12.3. The number of hydrogen-bond donors (Lipinski definition) is 2. The zero-order valence-corrected chi connectivity index (χ0v) is 14.0. The minimum atomic E-state index is -0.0537. The van der Waals surface area contributed by atoms with Crippen molar-refractivity contribution in [1.82, 2.24) is 10.2 Å². The van der Waals surface area contributed by atoms with E-state index >= 15 is 0 Å². The molecule has 1 heterocycles. The largest absolute Gasteiger partial charge is 0.395 e. The molecule has 0 aliphatic heterocycles. The van der Waals surface area contributed by atoms with Crippen molar-refractivity contribution in [2.24, 2.45) is 5.92 Å². The van der Waals surface area contributed by atoms with Gasteiger partial charge in [0, 0.05) is 24.4 Å². The second-order valence-electron chi connectivity index (χ2n) is 5.56. The third-order valence-corrected chi connectivity index (χ3v) is 3.84. The highest BCUT2D eigenvalue weighted by Crippen LogP contribution is 2.14. The fraction of sp³-hybridized carbons (Fsp3) is 0.562. The molecule has 1 amide bonds. The molecule has 0 aromatic carbocycles. The van der Waals surface area contributed by atoms with E-state index in [-0.39, 0.29) is 18.6 Å². The second-order valence-corrected chi connectivity index (χ2v) is 6.47. The van der Waals surface area contributed by atoms with Crippen LogP contribution in [0.5, 0.6) is 0 Å². The monoisotopic (exact) mass is 308 g/mol. The van der Waals surface area contributed by atoms with Gasteiger partial charge < -0.3 is 15.3 Å². The van der Waals surface area contributed by atoms with Gasteiger partial charge in [0.05, 0.1) is 17.0 Å². The van der Waals surface area contributed by atoms with Crippen LogP contribution in [0, 0.1) is 17.8 Å². The number of thiophene rings is 1. The molecule has 4 nitrogen and oxygen atoms in total. The zero-order chi connectivity index (χ0) is 15.8. The van der Waals surface area contributed by atoms with Crippen LogP contribution in [0.1, 0.15) is 35.5 Å². The van der Waals surface area contributed by atoms with E-state index in [1.165, 1.54) is 11.3 Å². The average Bonchev–Trinajstić information content (AvgIpc) is 2.86. The molecule has 0 bridgehead atoms. The van der Waals surface area contributed by atoms with Gasteiger partial charge >= 0.3 is 0 Å². The second kappa shape index (κ2) is 8.83. The highest BCUT2D eigenvalue weighted by molar-refractivity contribution is 7.10. The number of carbonyl (C=O) groups excluding carboxylic acids is 1. The van der Waals surface area contributed by atoms with Crippen molar-refractivity contribution in [2.75, 3.05) is 27.2 Å². The van der Waals surface area contributed by atoms with Gasteiger partial charge in [-0.1, -0.05) is 25.7 Å². The van der Waals surface area contributed by atoms with E-state index in [1.54, 1.807) is 6.07 Å². The van der Waals surface area contributed by atoms with Crippen LogP contribution in [0.25, 0.3) is 0 Å². The van der Waals surface area contributed by atoms with Gasteiger partial charge in [-0.15, -0.1) is 11.3 Å². The number of hydrogen-bond acceptors (Lipinski definition) is 4. The Bertz CT molecular complexity index is 512.